The average molecular weight is 237 g/mol. The summed E-state index contributed by atoms with van der Waals surface area (Å²) in [6.07, 6.45) is 0.531. The molecule has 0 aliphatic rings. The zero-order chi connectivity index (χ0) is 13.0. The van der Waals surface area contributed by atoms with Crippen LogP contribution < -0.4 is 4.74 Å². The standard InChI is InChI=1S/C12H15NO4/c1-4-10(8(2)14)11-7-9(17-3)5-6-12(11)13(15)16/h5-7,10H,4H2,1-3H3. The van der Waals surface area contributed by atoms with Crippen molar-refractivity contribution in [3.8, 4) is 5.75 Å². The highest BCUT2D eigenvalue weighted by Crippen LogP contribution is 2.32. The van der Waals surface area contributed by atoms with E-state index in [1.54, 1.807) is 6.07 Å². The van der Waals surface area contributed by atoms with E-state index in [4.69, 9.17) is 4.74 Å². The maximum absolute atomic E-state index is 11.5. The van der Waals surface area contributed by atoms with Gasteiger partial charge in [0.25, 0.3) is 5.69 Å². The van der Waals surface area contributed by atoms with E-state index in [0.29, 0.717) is 17.7 Å². The number of benzene rings is 1. The van der Waals surface area contributed by atoms with Crippen molar-refractivity contribution >= 4 is 11.5 Å². The molecule has 0 N–H and O–H groups in total. The number of carbonyl (C=O) groups is 1. The van der Waals surface area contributed by atoms with Crippen molar-refractivity contribution in [1.82, 2.24) is 0 Å². The van der Waals surface area contributed by atoms with Crippen molar-refractivity contribution in [2.45, 2.75) is 26.2 Å². The molecule has 0 bridgehead atoms. The van der Waals surface area contributed by atoms with Crippen LogP contribution >= 0.6 is 0 Å². The Kier molecular flexibility index (Phi) is 4.20. The highest BCUT2D eigenvalue weighted by Gasteiger charge is 2.24. The van der Waals surface area contributed by atoms with Gasteiger partial charge in [0.1, 0.15) is 11.5 Å². The Morgan fingerprint density at radius 3 is 2.59 bits per heavy atom. The third-order valence-corrected chi connectivity index (χ3v) is 2.71. The Balaban J connectivity index is 3.34. The maximum Gasteiger partial charge on any atom is 0.273 e. The number of methoxy groups -OCH3 is 1. The van der Waals surface area contributed by atoms with Gasteiger partial charge in [-0.3, -0.25) is 14.9 Å². The number of hydrogen-bond acceptors (Lipinski definition) is 4. The van der Waals surface area contributed by atoms with Crippen molar-refractivity contribution in [2.75, 3.05) is 7.11 Å². The third kappa shape index (κ3) is 2.81. The fraction of sp³-hybridized carbons (Fsp3) is 0.417. The summed E-state index contributed by atoms with van der Waals surface area (Å²) < 4.78 is 5.03. The van der Waals surface area contributed by atoms with Gasteiger partial charge in [0, 0.05) is 17.5 Å². The summed E-state index contributed by atoms with van der Waals surface area (Å²) in [5, 5.41) is 10.9. The smallest absolute Gasteiger partial charge is 0.273 e. The number of ketones is 1. The molecule has 1 rings (SSSR count). The number of nitro groups is 1. The molecule has 0 heterocycles. The first-order valence-electron chi connectivity index (χ1n) is 5.34. The molecule has 1 atom stereocenters. The number of ether oxygens (including phenoxy) is 1. The summed E-state index contributed by atoms with van der Waals surface area (Å²) in [7, 11) is 1.49. The van der Waals surface area contributed by atoms with E-state index in [1.807, 2.05) is 6.92 Å². The SMILES string of the molecule is CCC(C(C)=O)c1cc(OC)ccc1[N+](=O)[O-]. The molecule has 1 aromatic rings. The lowest BCUT2D eigenvalue weighted by Crippen LogP contribution is -2.10. The Morgan fingerprint density at radius 1 is 1.53 bits per heavy atom. The molecular formula is C12H15NO4. The molecule has 1 unspecified atom stereocenters. The molecule has 5 heteroatoms. The van der Waals surface area contributed by atoms with Gasteiger partial charge in [-0.05, 0) is 25.5 Å². The second-order valence-electron chi connectivity index (χ2n) is 3.75. The van der Waals surface area contributed by atoms with E-state index in [0.717, 1.165) is 0 Å². The molecular weight excluding hydrogens is 222 g/mol. The number of rotatable bonds is 5. The molecule has 0 saturated heterocycles. The first-order chi connectivity index (χ1) is 8.01. The van der Waals surface area contributed by atoms with E-state index in [2.05, 4.69) is 0 Å². The Bertz CT molecular complexity index is 442. The highest BCUT2D eigenvalue weighted by atomic mass is 16.6. The minimum absolute atomic E-state index is 0.0344. The summed E-state index contributed by atoms with van der Waals surface area (Å²) >= 11 is 0. The summed E-state index contributed by atoms with van der Waals surface area (Å²) in [6, 6.07) is 4.46. The van der Waals surface area contributed by atoms with Crippen LogP contribution in [0, 0.1) is 10.1 Å². The van der Waals surface area contributed by atoms with Gasteiger partial charge >= 0.3 is 0 Å². The van der Waals surface area contributed by atoms with Crippen LogP contribution in [-0.2, 0) is 4.79 Å². The van der Waals surface area contributed by atoms with E-state index in [-0.39, 0.29) is 11.5 Å². The molecule has 5 nitrogen and oxygen atoms in total. The van der Waals surface area contributed by atoms with Gasteiger partial charge in [0.15, 0.2) is 0 Å². The van der Waals surface area contributed by atoms with Crippen molar-refractivity contribution in [2.24, 2.45) is 0 Å². The lowest BCUT2D eigenvalue weighted by atomic mass is 9.91. The van der Waals surface area contributed by atoms with Crippen molar-refractivity contribution in [3.05, 3.63) is 33.9 Å². The fourth-order valence-electron chi connectivity index (χ4n) is 1.83. The molecule has 1 aromatic carbocycles. The monoisotopic (exact) mass is 237 g/mol. The fourth-order valence-corrected chi connectivity index (χ4v) is 1.83. The van der Waals surface area contributed by atoms with Crippen LogP contribution in [0.15, 0.2) is 18.2 Å². The molecule has 92 valence electrons. The largest absolute Gasteiger partial charge is 0.497 e. The van der Waals surface area contributed by atoms with Crippen molar-refractivity contribution in [3.63, 3.8) is 0 Å². The molecule has 17 heavy (non-hydrogen) atoms. The normalized spacial score (nSPS) is 11.9. The average Bonchev–Trinajstić information content (AvgIpc) is 2.29. The predicted molar refractivity (Wildman–Crippen MR) is 63.4 cm³/mol. The molecule has 0 aromatic heterocycles. The quantitative estimate of drug-likeness (QED) is 0.583. The zero-order valence-electron chi connectivity index (χ0n) is 10.1. The van der Waals surface area contributed by atoms with E-state index in [9.17, 15) is 14.9 Å². The predicted octanol–water partition coefficient (Wildman–Crippen LogP) is 2.69. The van der Waals surface area contributed by atoms with E-state index >= 15 is 0 Å². The van der Waals surface area contributed by atoms with Crippen LogP contribution in [0.1, 0.15) is 31.7 Å². The summed E-state index contributed by atoms with van der Waals surface area (Å²) in [5.41, 5.74) is 0.386. The molecule has 0 amide bonds. The lowest BCUT2D eigenvalue weighted by Gasteiger charge is -2.13. The zero-order valence-corrected chi connectivity index (χ0v) is 10.1. The van der Waals surface area contributed by atoms with Crippen LogP contribution in [0.25, 0.3) is 0 Å². The van der Waals surface area contributed by atoms with Crippen molar-refractivity contribution in [1.29, 1.82) is 0 Å². The van der Waals surface area contributed by atoms with Crippen molar-refractivity contribution < 1.29 is 14.5 Å². The minimum Gasteiger partial charge on any atom is -0.497 e. The number of hydrogen-bond donors (Lipinski definition) is 0. The Morgan fingerprint density at radius 2 is 2.18 bits per heavy atom. The summed E-state index contributed by atoms with van der Waals surface area (Å²) in [6.45, 7) is 3.27. The second kappa shape index (κ2) is 5.43. The minimum atomic E-state index is -0.472. The van der Waals surface area contributed by atoms with Crippen LogP contribution in [0.4, 0.5) is 5.69 Å². The number of Topliss-reactive ketones (excluding diaryl/α,β-unsaturated/α-hetero) is 1. The molecule has 0 aliphatic heterocycles. The van der Waals surface area contributed by atoms with Crippen LogP contribution in [0.3, 0.4) is 0 Å². The van der Waals surface area contributed by atoms with Crippen LogP contribution in [-0.4, -0.2) is 17.8 Å². The third-order valence-electron chi connectivity index (χ3n) is 2.71. The second-order valence-corrected chi connectivity index (χ2v) is 3.75. The molecule has 0 radical (unpaired) electrons. The maximum atomic E-state index is 11.5. The first kappa shape index (κ1) is 13.2. The van der Waals surface area contributed by atoms with Gasteiger partial charge < -0.3 is 4.74 Å². The van der Waals surface area contributed by atoms with Gasteiger partial charge in [0.05, 0.1) is 12.0 Å². The van der Waals surface area contributed by atoms with Crippen LogP contribution in [0.5, 0.6) is 5.75 Å². The summed E-state index contributed by atoms with van der Waals surface area (Å²) in [5.74, 6) is -0.0142. The Hall–Kier alpha value is -1.91. The lowest BCUT2D eigenvalue weighted by molar-refractivity contribution is -0.385. The van der Waals surface area contributed by atoms with Gasteiger partial charge in [0.2, 0.25) is 0 Å². The summed E-state index contributed by atoms with van der Waals surface area (Å²) in [4.78, 5) is 21.9. The first-order valence-corrected chi connectivity index (χ1v) is 5.34. The van der Waals surface area contributed by atoms with E-state index in [1.165, 1.54) is 26.2 Å². The topological polar surface area (TPSA) is 69.4 Å². The highest BCUT2D eigenvalue weighted by molar-refractivity contribution is 5.84. The molecule has 0 fully saturated rings. The van der Waals surface area contributed by atoms with Gasteiger partial charge in [-0.25, -0.2) is 0 Å². The van der Waals surface area contributed by atoms with Gasteiger partial charge in [-0.2, -0.15) is 0 Å². The number of carbonyl (C=O) groups excluding carboxylic acids is 1. The number of nitro benzene ring substituents is 1. The molecule has 0 spiro atoms. The molecule has 0 aliphatic carbocycles. The molecule has 0 saturated carbocycles. The Labute approximate surface area is 99.5 Å². The van der Waals surface area contributed by atoms with Gasteiger partial charge in [-0.1, -0.05) is 6.92 Å². The van der Waals surface area contributed by atoms with Crippen LogP contribution in [0.2, 0.25) is 0 Å². The van der Waals surface area contributed by atoms with E-state index < -0.39 is 10.8 Å². The van der Waals surface area contributed by atoms with Gasteiger partial charge in [-0.15, -0.1) is 0 Å². The number of nitrogens with zero attached hydrogens (tertiary/aromatic N) is 1.